The van der Waals surface area contributed by atoms with Gasteiger partial charge in [-0.3, -0.25) is 0 Å². The summed E-state index contributed by atoms with van der Waals surface area (Å²) < 4.78 is 15.1. The summed E-state index contributed by atoms with van der Waals surface area (Å²) in [5, 5.41) is 9.86. The average molecular weight is 402 g/mol. The zero-order valence-corrected chi connectivity index (χ0v) is 17.3. The largest absolute Gasteiger partial charge is 0.511 e. The molecule has 0 aromatic heterocycles. The highest BCUT2D eigenvalue weighted by molar-refractivity contribution is 6.02. The van der Waals surface area contributed by atoms with Crippen LogP contribution in [0.5, 0.6) is 0 Å². The first-order chi connectivity index (χ1) is 13.4. The molecule has 0 bridgehead atoms. The van der Waals surface area contributed by atoms with E-state index < -0.39 is 34.9 Å². The highest BCUT2D eigenvalue weighted by Crippen LogP contribution is 2.25. The Kier molecular flexibility index (Phi) is 8.02. The van der Waals surface area contributed by atoms with E-state index in [1.54, 1.807) is 58.9 Å². The summed E-state index contributed by atoms with van der Waals surface area (Å²) in [5.74, 6) is 2.33. The second-order valence-corrected chi connectivity index (χ2v) is 7.23. The van der Waals surface area contributed by atoms with Gasteiger partial charge in [-0.25, -0.2) is 14.4 Å². The summed E-state index contributed by atoms with van der Waals surface area (Å²) in [5.41, 5.74) is -2.98. The zero-order chi connectivity index (χ0) is 22.2. The van der Waals surface area contributed by atoms with Gasteiger partial charge in [0.15, 0.2) is 0 Å². The molecule has 1 N–H and O–H groups in total. The quantitative estimate of drug-likeness (QED) is 0.441. The Hall–Kier alpha value is -3.27. The predicted molar refractivity (Wildman–Crippen MR) is 106 cm³/mol. The Bertz CT molecular complexity index is 852. The van der Waals surface area contributed by atoms with E-state index in [2.05, 4.69) is 18.4 Å². The second-order valence-electron chi connectivity index (χ2n) is 7.23. The summed E-state index contributed by atoms with van der Waals surface area (Å²) in [7, 11) is 0. The third kappa shape index (κ3) is 6.68. The highest BCUT2D eigenvalue weighted by atomic mass is 16.7. The Morgan fingerprint density at radius 3 is 2.28 bits per heavy atom. The number of aliphatic carboxylic acids is 1. The van der Waals surface area contributed by atoms with Gasteiger partial charge in [0.05, 0.1) is 12.2 Å². The van der Waals surface area contributed by atoms with Crippen LogP contribution in [0.15, 0.2) is 36.4 Å². The Morgan fingerprint density at radius 1 is 1.14 bits per heavy atom. The van der Waals surface area contributed by atoms with Gasteiger partial charge in [0.2, 0.25) is 0 Å². The number of hydrogen-bond donors (Lipinski definition) is 1. The molecule has 0 radical (unpaired) electrons. The van der Waals surface area contributed by atoms with Crippen LogP contribution in [-0.4, -0.2) is 41.0 Å². The maximum Gasteiger partial charge on any atom is 0.511 e. The predicted octanol–water partition coefficient (Wildman–Crippen LogP) is 3.63. The molecule has 0 saturated carbocycles. The SMILES string of the molecule is C=C(C(=O)OCCC)C(C#Cc1ccccc1C)(OC(=O)OC(C)(C)C)C(=O)O. The molecule has 7 heteroatoms. The number of hydrogen-bond acceptors (Lipinski definition) is 6. The molecular weight excluding hydrogens is 376 g/mol. The molecule has 156 valence electrons. The van der Waals surface area contributed by atoms with Crippen LogP contribution in [-0.2, 0) is 23.8 Å². The zero-order valence-electron chi connectivity index (χ0n) is 17.3. The van der Waals surface area contributed by atoms with Crippen molar-refractivity contribution in [1.82, 2.24) is 0 Å². The Balaban J connectivity index is 3.46. The fourth-order valence-electron chi connectivity index (χ4n) is 2.08. The number of carboxylic acids is 1. The van der Waals surface area contributed by atoms with Gasteiger partial charge < -0.3 is 19.3 Å². The molecular formula is C22H26O7. The first-order valence-electron chi connectivity index (χ1n) is 9.03. The summed E-state index contributed by atoms with van der Waals surface area (Å²) >= 11 is 0. The van der Waals surface area contributed by atoms with E-state index in [4.69, 9.17) is 14.2 Å². The van der Waals surface area contributed by atoms with Crippen LogP contribution in [0.3, 0.4) is 0 Å². The van der Waals surface area contributed by atoms with E-state index in [1.165, 1.54) is 0 Å². The van der Waals surface area contributed by atoms with Crippen molar-refractivity contribution in [3.63, 3.8) is 0 Å². The Labute approximate surface area is 170 Å². The van der Waals surface area contributed by atoms with Gasteiger partial charge in [-0.05, 0) is 51.7 Å². The van der Waals surface area contributed by atoms with Crippen molar-refractivity contribution in [2.24, 2.45) is 0 Å². The fraction of sp³-hybridized carbons (Fsp3) is 0.409. The normalized spacial score (nSPS) is 12.6. The van der Waals surface area contributed by atoms with Gasteiger partial charge >= 0.3 is 23.7 Å². The molecule has 0 fully saturated rings. The standard InChI is InChI=1S/C22H26O7/c1-7-14-27-18(23)16(3)22(19(24)25,29-20(26)28-21(4,5)6)13-12-17-11-9-8-10-15(17)2/h8-11H,3,7,14H2,1-2,4-6H3,(H,24,25). The van der Waals surface area contributed by atoms with E-state index in [0.29, 0.717) is 12.0 Å². The van der Waals surface area contributed by atoms with E-state index in [0.717, 1.165) is 5.56 Å². The van der Waals surface area contributed by atoms with Crippen LogP contribution in [0, 0.1) is 18.8 Å². The molecule has 0 aliphatic rings. The minimum atomic E-state index is -2.67. The first kappa shape index (κ1) is 23.8. The molecule has 1 atom stereocenters. The number of esters is 1. The monoisotopic (exact) mass is 402 g/mol. The van der Waals surface area contributed by atoms with E-state index in [9.17, 15) is 19.5 Å². The van der Waals surface area contributed by atoms with Crippen LogP contribution < -0.4 is 0 Å². The summed E-state index contributed by atoms with van der Waals surface area (Å²) in [6.45, 7) is 11.8. The van der Waals surface area contributed by atoms with Crippen molar-refractivity contribution in [2.75, 3.05) is 6.61 Å². The molecule has 0 spiro atoms. The number of carbonyl (C=O) groups excluding carboxylic acids is 2. The Morgan fingerprint density at radius 2 is 1.76 bits per heavy atom. The van der Waals surface area contributed by atoms with Crippen molar-refractivity contribution in [3.05, 3.63) is 47.5 Å². The smallest absolute Gasteiger partial charge is 0.477 e. The molecule has 1 rings (SSSR count). The van der Waals surface area contributed by atoms with Gasteiger partial charge in [0.1, 0.15) is 5.60 Å². The molecule has 0 saturated heterocycles. The molecule has 7 nitrogen and oxygen atoms in total. The number of rotatable bonds is 6. The maximum atomic E-state index is 12.3. The lowest BCUT2D eigenvalue weighted by molar-refractivity contribution is -0.157. The lowest BCUT2D eigenvalue weighted by atomic mass is 9.94. The molecule has 29 heavy (non-hydrogen) atoms. The number of benzene rings is 1. The molecule has 1 unspecified atom stereocenters. The van der Waals surface area contributed by atoms with E-state index in [1.807, 2.05) is 0 Å². The third-order valence-corrected chi connectivity index (χ3v) is 3.55. The summed E-state index contributed by atoms with van der Waals surface area (Å²) in [6.07, 6.45) is -0.788. The minimum Gasteiger partial charge on any atom is -0.477 e. The third-order valence-electron chi connectivity index (χ3n) is 3.55. The van der Waals surface area contributed by atoms with Crippen LogP contribution in [0.25, 0.3) is 0 Å². The van der Waals surface area contributed by atoms with Gasteiger partial charge in [-0.1, -0.05) is 37.6 Å². The average Bonchev–Trinajstić information content (AvgIpc) is 2.61. The van der Waals surface area contributed by atoms with Crippen molar-refractivity contribution in [3.8, 4) is 11.8 Å². The number of aryl methyl sites for hydroxylation is 1. The molecule has 0 aliphatic heterocycles. The lowest BCUT2D eigenvalue weighted by Crippen LogP contribution is -2.47. The molecule has 1 aromatic rings. The molecule has 1 aromatic carbocycles. The highest BCUT2D eigenvalue weighted by Gasteiger charge is 2.49. The van der Waals surface area contributed by atoms with Crippen LogP contribution in [0.1, 0.15) is 45.2 Å². The number of carboxylic acid groups (broad SMARTS) is 1. The molecule has 0 heterocycles. The maximum absolute atomic E-state index is 12.3. The first-order valence-corrected chi connectivity index (χ1v) is 9.03. The fourth-order valence-corrected chi connectivity index (χ4v) is 2.08. The van der Waals surface area contributed by atoms with Crippen molar-refractivity contribution >= 4 is 18.1 Å². The van der Waals surface area contributed by atoms with Crippen LogP contribution in [0.4, 0.5) is 4.79 Å². The number of carbonyl (C=O) groups is 3. The topological polar surface area (TPSA) is 99.1 Å². The second kappa shape index (κ2) is 9.78. The van der Waals surface area contributed by atoms with Crippen molar-refractivity contribution in [1.29, 1.82) is 0 Å². The van der Waals surface area contributed by atoms with Crippen LogP contribution >= 0.6 is 0 Å². The van der Waals surface area contributed by atoms with E-state index >= 15 is 0 Å². The van der Waals surface area contributed by atoms with Gasteiger partial charge in [0.25, 0.3) is 0 Å². The molecule has 0 aliphatic carbocycles. The summed E-state index contributed by atoms with van der Waals surface area (Å²) in [4.78, 5) is 36.7. The number of ether oxygens (including phenoxy) is 3. The van der Waals surface area contributed by atoms with Gasteiger partial charge in [-0.15, -0.1) is 0 Å². The van der Waals surface area contributed by atoms with Crippen LogP contribution in [0.2, 0.25) is 0 Å². The van der Waals surface area contributed by atoms with E-state index in [-0.39, 0.29) is 6.61 Å². The van der Waals surface area contributed by atoms with Gasteiger partial charge in [-0.2, -0.15) is 0 Å². The van der Waals surface area contributed by atoms with Gasteiger partial charge in [0, 0.05) is 5.56 Å². The minimum absolute atomic E-state index is 0.0468. The lowest BCUT2D eigenvalue weighted by Gasteiger charge is -2.27. The van der Waals surface area contributed by atoms with Crippen molar-refractivity contribution in [2.45, 2.75) is 52.2 Å². The van der Waals surface area contributed by atoms with Crippen molar-refractivity contribution < 1.29 is 33.7 Å². The summed E-state index contributed by atoms with van der Waals surface area (Å²) in [6, 6.07) is 6.97. The molecule has 0 amide bonds.